The fourth-order valence-corrected chi connectivity index (χ4v) is 3.00. The highest BCUT2D eigenvalue weighted by Crippen LogP contribution is 2.28. The van der Waals surface area contributed by atoms with E-state index < -0.39 is 5.97 Å². The van der Waals surface area contributed by atoms with E-state index in [1.165, 1.54) is 12.1 Å². The highest BCUT2D eigenvalue weighted by molar-refractivity contribution is 6.30. The maximum atomic E-state index is 13.3. The Morgan fingerprint density at radius 1 is 1.07 bits per heavy atom. The van der Waals surface area contributed by atoms with Crippen molar-refractivity contribution in [1.29, 1.82) is 0 Å². The molecule has 0 bridgehead atoms. The Balaban J connectivity index is 1.93. The van der Waals surface area contributed by atoms with Crippen LogP contribution in [0.3, 0.4) is 0 Å². The molecule has 28 heavy (non-hydrogen) atoms. The van der Waals surface area contributed by atoms with E-state index in [9.17, 15) is 9.18 Å². The highest BCUT2D eigenvalue weighted by atomic mass is 35.5. The Labute approximate surface area is 165 Å². The van der Waals surface area contributed by atoms with E-state index in [-0.39, 0.29) is 18.1 Å². The Morgan fingerprint density at radius 2 is 1.75 bits per heavy atom. The van der Waals surface area contributed by atoms with Gasteiger partial charge in [-0.3, -0.25) is 0 Å². The van der Waals surface area contributed by atoms with Crippen molar-refractivity contribution >= 4 is 23.2 Å². The summed E-state index contributed by atoms with van der Waals surface area (Å²) in [6.07, 6.45) is 0. The van der Waals surface area contributed by atoms with Gasteiger partial charge in [-0.25, -0.2) is 18.7 Å². The van der Waals surface area contributed by atoms with Crippen LogP contribution in [0.2, 0.25) is 5.02 Å². The molecule has 2 aromatic carbocycles. The lowest BCUT2D eigenvalue weighted by atomic mass is 10.1. The monoisotopic (exact) mass is 395 g/mol. The maximum Gasteiger partial charge on any atom is 0.358 e. The van der Waals surface area contributed by atoms with Crippen LogP contribution in [0.1, 0.15) is 17.4 Å². The first-order chi connectivity index (χ1) is 13.5. The summed E-state index contributed by atoms with van der Waals surface area (Å²) >= 11 is 6.01. The Morgan fingerprint density at radius 3 is 2.43 bits per heavy atom. The number of esters is 1. The summed E-state index contributed by atoms with van der Waals surface area (Å²) in [5, 5.41) is 4.98. The SMILES string of the molecule is CCOC(=O)c1cc2nc(-c3ccc(F)cc3)cc(-c3ccc(Cl)cc3)n2n1. The topological polar surface area (TPSA) is 56.5 Å². The zero-order valence-corrected chi connectivity index (χ0v) is 15.7. The van der Waals surface area contributed by atoms with Crippen LogP contribution in [-0.2, 0) is 4.74 Å². The van der Waals surface area contributed by atoms with Crippen molar-refractivity contribution in [2.24, 2.45) is 0 Å². The molecule has 2 heterocycles. The van der Waals surface area contributed by atoms with Crippen molar-refractivity contribution in [2.75, 3.05) is 6.61 Å². The fourth-order valence-electron chi connectivity index (χ4n) is 2.87. The number of halogens is 2. The second-order valence-corrected chi connectivity index (χ2v) is 6.50. The number of carbonyl (C=O) groups excluding carboxylic acids is 1. The number of rotatable bonds is 4. The van der Waals surface area contributed by atoms with Crippen molar-refractivity contribution in [2.45, 2.75) is 6.92 Å². The van der Waals surface area contributed by atoms with E-state index in [0.29, 0.717) is 16.4 Å². The van der Waals surface area contributed by atoms with Gasteiger partial charge in [-0.2, -0.15) is 5.10 Å². The second kappa shape index (κ2) is 7.40. The van der Waals surface area contributed by atoms with Gasteiger partial charge in [0.2, 0.25) is 0 Å². The summed E-state index contributed by atoms with van der Waals surface area (Å²) < 4.78 is 19.9. The quantitative estimate of drug-likeness (QED) is 0.454. The predicted octanol–water partition coefficient (Wildman–Crippen LogP) is 5.03. The minimum atomic E-state index is -0.515. The molecule has 0 atom stereocenters. The van der Waals surface area contributed by atoms with Gasteiger partial charge in [-0.15, -0.1) is 0 Å². The number of carbonyl (C=O) groups is 1. The fraction of sp³-hybridized carbons (Fsp3) is 0.0952. The number of nitrogens with zero attached hydrogens (tertiary/aromatic N) is 3. The van der Waals surface area contributed by atoms with Crippen LogP contribution in [0.4, 0.5) is 4.39 Å². The molecule has 0 unspecified atom stereocenters. The van der Waals surface area contributed by atoms with Crippen LogP contribution in [0.25, 0.3) is 28.2 Å². The smallest absolute Gasteiger partial charge is 0.358 e. The van der Waals surface area contributed by atoms with E-state index in [1.54, 1.807) is 41.8 Å². The van der Waals surface area contributed by atoms with E-state index >= 15 is 0 Å². The highest BCUT2D eigenvalue weighted by Gasteiger charge is 2.17. The molecule has 5 nitrogen and oxygen atoms in total. The molecule has 0 fully saturated rings. The number of ether oxygens (including phenoxy) is 1. The zero-order valence-electron chi connectivity index (χ0n) is 14.9. The van der Waals surface area contributed by atoms with E-state index in [1.807, 2.05) is 18.2 Å². The van der Waals surface area contributed by atoms with Gasteiger partial charge in [0, 0.05) is 22.2 Å². The van der Waals surface area contributed by atoms with Crippen LogP contribution < -0.4 is 0 Å². The van der Waals surface area contributed by atoms with Gasteiger partial charge < -0.3 is 4.74 Å². The molecule has 0 amide bonds. The largest absolute Gasteiger partial charge is 0.461 e. The molecule has 4 rings (SSSR count). The molecule has 140 valence electrons. The molecule has 4 aromatic rings. The molecule has 0 aliphatic heterocycles. The van der Waals surface area contributed by atoms with Crippen molar-refractivity contribution in [1.82, 2.24) is 14.6 Å². The summed E-state index contributed by atoms with van der Waals surface area (Å²) in [5.74, 6) is -0.838. The Hall–Kier alpha value is -3.25. The van der Waals surface area contributed by atoms with Crippen LogP contribution in [-0.4, -0.2) is 27.2 Å². The van der Waals surface area contributed by atoms with Crippen LogP contribution in [0.5, 0.6) is 0 Å². The summed E-state index contributed by atoms with van der Waals surface area (Å²) in [5.41, 5.74) is 3.59. The van der Waals surface area contributed by atoms with Gasteiger partial charge in [-0.05, 0) is 49.4 Å². The number of hydrogen-bond acceptors (Lipinski definition) is 4. The number of aromatic nitrogens is 3. The molecule has 0 saturated heterocycles. The lowest BCUT2D eigenvalue weighted by molar-refractivity contribution is 0.0519. The average molecular weight is 396 g/mol. The van der Waals surface area contributed by atoms with Crippen LogP contribution in [0.15, 0.2) is 60.7 Å². The van der Waals surface area contributed by atoms with Gasteiger partial charge in [0.1, 0.15) is 5.82 Å². The number of fused-ring (bicyclic) bond motifs is 1. The van der Waals surface area contributed by atoms with Crippen molar-refractivity contribution in [3.8, 4) is 22.5 Å². The Kier molecular flexibility index (Phi) is 4.79. The number of benzene rings is 2. The predicted molar refractivity (Wildman–Crippen MR) is 105 cm³/mol. The van der Waals surface area contributed by atoms with Crippen LogP contribution >= 0.6 is 11.6 Å². The summed E-state index contributed by atoms with van der Waals surface area (Å²) in [7, 11) is 0. The molecule has 0 radical (unpaired) electrons. The molecule has 0 N–H and O–H groups in total. The van der Waals surface area contributed by atoms with Crippen LogP contribution in [0, 0.1) is 5.82 Å². The summed E-state index contributed by atoms with van der Waals surface area (Å²) in [6.45, 7) is 1.99. The van der Waals surface area contributed by atoms with E-state index in [2.05, 4.69) is 10.1 Å². The lowest BCUT2D eigenvalue weighted by Crippen LogP contribution is -2.06. The summed E-state index contributed by atoms with van der Waals surface area (Å²) in [6, 6.07) is 16.7. The molecule has 2 aromatic heterocycles. The molecule has 0 aliphatic carbocycles. The normalized spacial score (nSPS) is 11.0. The van der Waals surface area contributed by atoms with Crippen molar-refractivity contribution < 1.29 is 13.9 Å². The minimum absolute atomic E-state index is 0.167. The lowest BCUT2D eigenvalue weighted by Gasteiger charge is -2.09. The zero-order chi connectivity index (χ0) is 19.7. The van der Waals surface area contributed by atoms with Gasteiger partial charge in [0.05, 0.1) is 18.0 Å². The first kappa shape index (κ1) is 18.1. The first-order valence-corrected chi connectivity index (χ1v) is 9.03. The standard InChI is InChI=1S/C21H15ClFN3O2/c1-2-28-21(27)18-12-20-24-17(13-5-9-16(23)10-6-13)11-19(26(20)25-18)14-3-7-15(22)8-4-14/h3-12H,2H2,1H3. The maximum absolute atomic E-state index is 13.3. The van der Waals surface area contributed by atoms with Gasteiger partial charge in [0.15, 0.2) is 11.3 Å². The first-order valence-electron chi connectivity index (χ1n) is 8.65. The Bertz CT molecular complexity index is 1150. The molecular formula is C21H15ClFN3O2. The molecule has 7 heteroatoms. The van der Waals surface area contributed by atoms with Gasteiger partial charge in [-0.1, -0.05) is 23.7 Å². The van der Waals surface area contributed by atoms with Gasteiger partial charge in [0.25, 0.3) is 0 Å². The number of hydrogen-bond donors (Lipinski definition) is 0. The third kappa shape index (κ3) is 3.46. The average Bonchev–Trinajstić information content (AvgIpc) is 3.13. The van der Waals surface area contributed by atoms with Gasteiger partial charge >= 0.3 is 5.97 Å². The van der Waals surface area contributed by atoms with Crippen molar-refractivity contribution in [3.63, 3.8) is 0 Å². The third-order valence-corrected chi connectivity index (χ3v) is 4.44. The molecule has 0 saturated carbocycles. The summed E-state index contributed by atoms with van der Waals surface area (Å²) in [4.78, 5) is 16.7. The van der Waals surface area contributed by atoms with E-state index in [4.69, 9.17) is 16.3 Å². The molecule has 0 spiro atoms. The van der Waals surface area contributed by atoms with E-state index in [0.717, 1.165) is 16.8 Å². The molecule has 0 aliphatic rings. The third-order valence-electron chi connectivity index (χ3n) is 4.19. The van der Waals surface area contributed by atoms with Crippen molar-refractivity contribution in [3.05, 3.63) is 77.2 Å². The second-order valence-electron chi connectivity index (χ2n) is 6.06. The molecular weight excluding hydrogens is 381 g/mol. The minimum Gasteiger partial charge on any atom is -0.461 e.